The van der Waals surface area contributed by atoms with E-state index in [0.717, 1.165) is 11.8 Å². The van der Waals surface area contributed by atoms with Crippen LogP contribution in [-0.4, -0.2) is 23.5 Å². The maximum absolute atomic E-state index is 12.1. The van der Waals surface area contributed by atoms with Crippen LogP contribution in [0.15, 0.2) is 29.3 Å². The number of halogens is 1. The minimum atomic E-state index is -3.88. The fourth-order valence-corrected chi connectivity index (χ4v) is 2.82. The lowest BCUT2D eigenvalue weighted by atomic mass is 10.3. The Morgan fingerprint density at radius 3 is 2.76 bits per heavy atom. The van der Waals surface area contributed by atoms with E-state index in [2.05, 4.69) is 14.9 Å². The van der Waals surface area contributed by atoms with Gasteiger partial charge in [-0.3, -0.25) is 15.2 Å². The van der Waals surface area contributed by atoms with Crippen LogP contribution in [0.25, 0.3) is 0 Å². The third-order valence-electron chi connectivity index (χ3n) is 2.81. The maximum atomic E-state index is 12.1. The summed E-state index contributed by atoms with van der Waals surface area (Å²) in [6.45, 7) is 1.78. The second-order valence-corrected chi connectivity index (χ2v) is 6.39. The molecule has 1 heterocycles. The van der Waals surface area contributed by atoms with E-state index in [1.807, 2.05) is 0 Å². The van der Waals surface area contributed by atoms with Gasteiger partial charge in [0.1, 0.15) is 5.02 Å². The number of nitrogens with zero attached hydrogens (tertiary/aromatic N) is 2. The molecular formula is C11H11ClN4O4S. The van der Waals surface area contributed by atoms with Gasteiger partial charge in [-0.25, -0.2) is 13.1 Å². The summed E-state index contributed by atoms with van der Waals surface area (Å²) in [5, 5.41) is 17.1. The SMILES string of the molecule is Cc1[nH]ncc1CNS(=O)(=O)c1ccc(Cl)c([N+](=O)[O-])c1. The van der Waals surface area contributed by atoms with E-state index in [-0.39, 0.29) is 16.5 Å². The van der Waals surface area contributed by atoms with E-state index in [4.69, 9.17) is 11.6 Å². The summed E-state index contributed by atoms with van der Waals surface area (Å²) in [6, 6.07) is 3.31. The normalized spacial score (nSPS) is 11.5. The zero-order valence-electron chi connectivity index (χ0n) is 10.8. The number of sulfonamides is 1. The molecule has 0 spiro atoms. The molecular weight excluding hydrogens is 320 g/mol. The first-order valence-electron chi connectivity index (χ1n) is 5.73. The van der Waals surface area contributed by atoms with Crippen LogP contribution in [-0.2, 0) is 16.6 Å². The average molecular weight is 331 g/mol. The summed E-state index contributed by atoms with van der Waals surface area (Å²) < 4.78 is 26.6. The molecule has 2 rings (SSSR count). The predicted octanol–water partition coefficient (Wildman–Crippen LogP) is 1.76. The van der Waals surface area contributed by atoms with Gasteiger partial charge < -0.3 is 0 Å². The van der Waals surface area contributed by atoms with Crippen molar-refractivity contribution in [1.82, 2.24) is 14.9 Å². The highest BCUT2D eigenvalue weighted by molar-refractivity contribution is 7.89. The highest BCUT2D eigenvalue weighted by Gasteiger charge is 2.20. The Balaban J connectivity index is 2.26. The molecule has 0 atom stereocenters. The average Bonchev–Trinajstić information content (AvgIpc) is 2.82. The Morgan fingerprint density at radius 2 is 2.19 bits per heavy atom. The molecule has 0 aliphatic heterocycles. The molecule has 1 aromatic carbocycles. The molecule has 0 unspecified atom stereocenters. The zero-order chi connectivity index (χ0) is 15.6. The molecule has 112 valence electrons. The molecule has 0 saturated heterocycles. The third-order valence-corrected chi connectivity index (χ3v) is 4.53. The molecule has 0 aliphatic carbocycles. The van der Waals surface area contributed by atoms with Crippen molar-refractivity contribution >= 4 is 27.3 Å². The number of nitrogens with one attached hydrogen (secondary N) is 2. The number of aromatic amines is 1. The molecule has 8 nitrogen and oxygen atoms in total. The molecule has 0 bridgehead atoms. The number of aromatic nitrogens is 2. The lowest BCUT2D eigenvalue weighted by Gasteiger charge is -2.06. The summed E-state index contributed by atoms with van der Waals surface area (Å²) in [4.78, 5) is 9.83. The van der Waals surface area contributed by atoms with Gasteiger partial charge in [0.15, 0.2) is 0 Å². The lowest BCUT2D eigenvalue weighted by Crippen LogP contribution is -2.23. The van der Waals surface area contributed by atoms with Crippen LogP contribution in [0.3, 0.4) is 0 Å². The van der Waals surface area contributed by atoms with Crippen molar-refractivity contribution in [2.45, 2.75) is 18.4 Å². The Hall–Kier alpha value is -1.97. The second kappa shape index (κ2) is 5.80. The van der Waals surface area contributed by atoms with Crippen molar-refractivity contribution in [3.63, 3.8) is 0 Å². The van der Waals surface area contributed by atoms with Crippen LogP contribution < -0.4 is 4.72 Å². The molecule has 21 heavy (non-hydrogen) atoms. The van der Waals surface area contributed by atoms with E-state index in [1.165, 1.54) is 18.3 Å². The Labute approximate surface area is 125 Å². The molecule has 1 aromatic heterocycles. The van der Waals surface area contributed by atoms with Crippen molar-refractivity contribution in [1.29, 1.82) is 0 Å². The van der Waals surface area contributed by atoms with E-state index < -0.39 is 20.6 Å². The van der Waals surface area contributed by atoms with Crippen molar-refractivity contribution in [2.75, 3.05) is 0 Å². The van der Waals surface area contributed by atoms with E-state index in [9.17, 15) is 18.5 Å². The maximum Gasteiger partial charge on any atom is 0.289 e. The van der Waals surface area contributed by atoms with Gasteiger partial charge in [-0.2, -0.15) is 5.10 Å². The fourth-order valence-electron chi connectivity index (χ4n) is 1.61. The number of rotatable bonds is 5. The van der Waals surface area contributed by atoms with E-state index >= 15 is 0 Å². The van der Waals surface area contributed by atoms with Gasteiger partial charge in [0.25, 0.3) is 5.69 Å². The summed E-state index contributed by atoms with van der Waals surface area (Å²) in [5.41, 5.74) is 0.959. The number of nitro benzene ring substituents is 1. The molecule has 0 radical (unpaired) electrons. The zero-order valence-corrected chi connectivity index (χ0v) is 12.4. The van der Waals surface area contributed by atoms with Gasteiger partial charge in [-0.15, -0.1) is 0 Å². The first-order chi connectivity index (χ1) is 9.81. The van der Waals surface area contributed by atoms with Crippen molar-refractivity contribution < 1.29 is 13.3 Å². The van der Waals surface area contributed by atoms with Gasteiger partial charge in [0.05, 0.1) is 16.0 Å². The first kappa shape index (κ1) is 15.4. The number of aryl methyl sites for hydroxylation is 1. The van der Waals surface area contributed by atoms with E-state index in [1.54, 1.807) is 6.92 Å². The number of H-pyrrole nitrogens is 1. The minimum absolute atomic E-state index is 0.0289. The van der Waals surface area contributed by atoms with Gasteiger partial charge in [-0.1, -0.05) is 11.6 Å². The molecule has 0 aliphatic rings. The molecule has 0 amide bonds. The molecule has 10 heteroatoms. The van der Waals surface area contributed by atoms with Gasteiger partial charge >= 0.3 is 0 Å². The smallest absolute Gasteiger partial charge is 0.283 e. The predicted molar refractivity (Wildman–Crippen MR) is 75.5 cm³/mol. The summed E-state index contributed by atoms with van der Waals surface area (Å²) in [5.74, 6) is 0. The number of benzene rings is 1. The van der Waals surface area contributed by atoms with Crippen LogP contribution in [0.2, 0.25) is 5.02 Å². The van der Waals surface area contributed by atoms with Crippen LogP contribution >= 0.6 is 11.6 Å². The quantitative estimate of drug-likeness (QED) is 0.639. The summed E-state index contributed by atoms with van der Waals surface area (Å²) in [7, 11) is -3.88. The number of hydrogen-bond donors (Lipinski definition) is 2. The van der Waals surface area contributed by atoms with Crippen molar-refractivity contribution in [2.24, 2.45) is 0 Å². The topological polar surface area (TPSA) is 118 Å². The van der Waals surface area contributed by atoms with Crippen LogP contribution in [0.4, 0.5) is 5.69 Å². The standard InChI is InChI=1S/C11H11ClN4O4S/c1-7-8(5-13-15-7)6-14-21(19,20)9-2-3-10(12)11(4-9)16(17)18/h2-5,14H,6H2,1H3,(H,13,15). The first-order valence-corrected chi connectivity index (χ1v) is 7.60. The van der Waals surface area contributed by atoms with Gasteiger partial charge in [0.2, 0.25) is 10.0 Å². The third kappa shape index (κ3) is 3.38. The Morgan fingerprint density at radius 1 is 1.48 bits per heavy atom. The number of nitro groups is 1. The monoisotopic (exact) mass is 330 g/mol. The molecule has 0 fully saturated rings. The summed E-state index contributed by atoms with van der Waals surface area (Å²) >= 11 is 5.65. The highest BCUT2D eigenvalue weighted by atomic mass is 35.5. The van der Waals surface area contributed by atoms with Gasteiger partial charge in [-0.05, 0) is 19.1 Å². The minimum Gasteiger partial charge on any atom is -0.283 e. The molecule has 0 saturated carbocycles. The molecule has 2 aromatic rings. The molecule has 2 N–H and O–H groups in total. The van der Waals surface area contributed by atoms with E-state index in [0.29, 0.717) is 5.56 Å². The largest absolute Gasteiger partial charge is 0.289 e. The number of hydrogen-bond acceptors (Lipinski definition) is 5. The van der Waals surface area contributed by atoms with Crippen LogP contribution in [0.5, 0.6) is 0 Å². The van der Waals surface area contributed by atoms with Crippen LogP contribution in [0.1, 0.15) is 11.3 Å². The van der Waals surface area contributed by atoms with Crippen molar-refractivity contribution in [3.05, 3.63) is 50.8 Å². The highest BCUT2D eigenvalue weighted by Crippen LogP contribution is 2.27. The Bertz CT molecular complexity index is 787. The second-order valence-electron chi connectivity index (χ2n) is 4.22. The summed E-state index contributed by atoms with van der Waals surface area (Å²) in [6.07, 6.45) is 1.50. The lowest BCUT2D eigenvalue weighted by molar-refractivity contribution is -0.384. The van der Waals surface area contributed by atoms with Crippen molar-refractivity contribution in [3.8, 4) is 0 Å². The van der Waals surface area contributed by atoms with Crippen LogP contribution in [0, 0.1) is 17.0 Å². The van der Waals surface area contributed by atoms with Gasteiger partial charge in [0, 0.05) is 23.9 Å². The fraction of sp³-hybridized carbons (Fsp3) is 0.182. The Kier molecular flexibility index (Phi) is 4.26.